The normalized spacial score (nSPS) is 12.3. The molecule has 0 bridgehead atoms. The maximum atomic E-state index is 13.2. The summed E-state index contributed by atoms with van der Waals surface area (Å²) in [6.07, 6.45) is 2.90. The Hall–Kier alpha value is -2.01. The Balaban J connectivity index is 2.09. The highest BCUT2D eigenvalue weighted by molar-refractivity contribution is 5.32. The summed E-state index contributed by atoms with van der Waals surface area (Å²) in [4.78, 5) is 3.94. The van der Waals surface area contributed by atoms with Crippen molar-refractivity contribution in [2.24, 2.45) is 0 Å². The number of benzene rings is 1. The van der Waals surface area contributed by atoms with Crippen LogP contribution in [0.2, 0.25) is 0 Å². The molecule has 1 aromatic carbocycles. The minimum Gasteiger partial charge on any atom is -0.384 e. The average Bonchev–Trinajstić information content (AvgIpc) is 2.36. The summed E-state index contributed by atoms with van der Waals surface area (Å²) in [5.41, 5.74) is 7.30. The van der Waals surface area contributed by atoms with E-state index in [1.807, 2.05) is 13.1 Å². The second kappa shape index (κ2) is 6.43. The third-order valence-electron chi connectivity index (χ3n) is 3.14. The summed E-state index contributed by atoms with van der Waals surface area (Å²) in [5.74, 6) is -0.639. The van der Waals surface area contributed by atoms with E-state index in [4.69, 9.17) is 5.73 Å². The van der Waals surface area contributed by atoms with Crippen LogP contribution in [0.4, 0.5) is 14.6 Å². The lowest BCUT2D eigenvalue weighted by molar-refractivity contribution is 0.543. The van der Waals surface area contributed by atoms with Crippen LogP contribution >= 0.6 is 0 Å². The van der Waals surface area contributed by atoms with Gasteiger partial charge in [-0.25, -0.2) is 13.8 Å². The van der Waals surface area contributed by atoms with Gasteiger partial charge in [0.2, 0.25) is 0 Å². The lowest BCUT2D eigenvalue weighted by Gasteiger charge is -2.16. The Bertz CT molecular complexity index is 567. The van der Waals surface area contributed by atoms with Crippen molar-refractivity contribution in [1.82, 2.24) is 10.3 Å². The summed E-state index contributed by atoms with van der Waals surface area (Å²) >= 11 is 0. The Kier molecular flexibility index (Phi) is 4.63. The fraction of sp³-hybridized carbons (Fsp3) is 0.267. The molecule has 0 aliphatic heterocycles. The molecular weight excluding hydrogens is 260 g/mol. The number of hydrogen-bond acceptors (Lipinski definition) is 3. The number of nitrogen functional groups attached to an aromatic ring is 1. The summed E-state index contributed by atoms with van der Waals surface area (Å²) < 4.78 is 26.4. The van der Waals surface area contributed by atoms with Crippen molar-refractivity contribution in [3.8, 4) is 0 Å². The highest BCUT2D eigenvalue weighted by atomic mass is 19.1. The van der Waals surface area contributed by atoms with Gasteiger partial charge in [0.25, 0.3) is 0 Å². The third kappa shape index (κ3) is 3.99. The number of pyridine rings is 1. The zero-order valence-electron chi connectivity index (χ0n) is 11.2. The van der Waals surface area contributed by atoms with Crippen LogP contribution in [0.15, 0.2) is 36.5 Å². The Morgan fingerprint density at radius 3 is 2.35 bits per heavy atom. The molecule has 5 heteroatoms. The largest absolute Gasteiger partial charge is 0.384 e. The van der Waals surface area contributed by atoms with Crippen LogP contribution in [-0.4, -0.2) is 18.1 Å². The lowest BCUT2D eigenvalue weighted by atomic mass is 9.99. The van der Waals surface area contributed by atoms with E-state index in [1.165, 1.54) is 12.1 Å². The summed E-state index contributed by atoms with van der Waals surface area (Å²) in [6, 6.07) is 7.34. The molecule has 20 heavy (non-hydrogen) atoms. The molecular formula is C15H17F2N3. The minimum atomic E-state index is -0.553. The molecule has 0 radical (unpaired) electrons. The van der Waals surface area contributed by atoms with Crippen LogP contribution in [-0.2, 0) is 12.8 Å². The highest BCUT2D eigenvalue weighted by Crippen LogP contribution is 2.13. The number of likely N-dealkylation sites (N-methyl/N-ethyl adjacent to an activating group) is 1. The fourth-order valence-electron chi connectivity index (χ4n) is 2.20. The van der Waals surface area contributed by atoms with Gasteiger partial charge in [0.05, 0.1) is 0 Å². The summed E-state index contributed by atoms with van der Waals surface area (Å²) in [6.45, 7) is 0. The van der Waals surface area contributed by atoms with Crippen LogP contribution in [0.25, 0.3) is 0 Å². The molecule has 106 valence electrons. The average molecular weight is 277 g/mol. The number of anilines is 1. The van der Waals surface area contributed by atoms with Gasteiger partial charge in [0, 0.05) is 18.3 Å². The predicted molar refractivity (Wildman–Crippen MR) is 75.3 cm³/mol. The first-order valence-corrected chi connectivity index (χ1v) is 6.39. The Morgan fingerprint density at radius 1 is 1.10 bits per heavy atom. The highest BCUT2D eigenvalue weighted by Gasteiger charge is 2.10. The first-order valence-electron chi connectivity index (χ1n) is 6.39. The molecule has 1 unspecified atom stereocenters. The maximum Gasteiger partial charge on any atom is 0.126 e. The zero-order chi connectivity index (χ0) is 14.5. The van der Waals surface area contributed by atoms with E-state index in [2.05, 4.69) is 10.3 Å². The van der Waals surface area contributed by atoms with Crippen molar-refractivity contribution >= 4 is 5.82 Å². The van der Waals surface area contributed by atoms with Gasteiger partial charge in [-0.15, -0.1) is 0 Å². The van der Waals surface area contributed by atoms with Crippen LogP contribution in [0.1, 0.15) is 11.1 Å². The van der Waals surface area contributed by atoms with Gasteiger partial charge in [0.1, 0.15) is 17.5 Å². The first kappa shape index (κ1) is 14.4. The van der Waals surface area contributed by atoms with E-state index in [9.17, 15) is 8.78 Å². The molecule has 0 amide bonds. The molecule has 0 fully saturated rings. The Labute approximate surface area is 116 Å². The topological polar surface area (TPSA) is 50.9 Å². The van der Waals surface area contributed by atoms with Crippen molar-refractivity contribution in [3.63, 3.8) is 0 Å². The number of halogens is 2. The number of nitrogens with one attached hydrogen (secondary N) is 1. The standard InChI is InChI=1S/C15H17F2N3/c1-19-14(6-10-2-3-20-15(18)8-10)7-11-4-12(16)9-13(17)5-11/h2-5,8-9,14,19H,6-7H2,1H3,(H2,18,20). The van der Waals surface area contributed by atoms with E-state index < -0.39 is 11.6 Å². The number of rotatable bonds is 5. The number of hydrogen-bond donors (Lipinski definition) is 2. The quantitative estimate of drug-likeness (QED) is 0.882. The van der Waals surface area contributed by atoms with Crippen LogP contribution in [0.5, 0.6) is 0 Å². The molecule has 2 aromatic rings. The van der Waals surface area contributed by atoms with Gasteiger partial charge in [-0.1, -0.05) is 0 Å². The molecule has 0 saturated carbocycles. The monoisotopic (exact) mass is 277 g/mol. The maximum absolute atomic E-state index is 13.2. The van der Waals surface area contributed by atoms with Gasteiger partial charge < -0.3 is 11.1 Å². The van der Waals surface area contributed by atoms with E-state index in [0.717, 1.165) is 11.6 Å². The zero-order valence-corrected chi connectivity index (χ0v) is 11.2. The molecule has 2 rings (SSSR count). The number of nitrogens with two attached hydrogens (primary N) is 1. The van der Waals surface area contributed by atoms with Gasteiger partial charge in [-0.2, -0.15) is 0 Å². The third-order valence-corrected chi connectivity index (χ3v) is 3.14. The van der Waals surface area contributed by atoms with E-state index in [1.54, 1.807) is 12.3 Å². The summed E-state index contributed by atoms with van der Waals surface area (Å²) in [5, 5.41) is 3.15. The van der Waals surface area contributed by atoms with Gasteiger partial charge in [-0.3, -0.25) is 0 Å². The van der Waals surface area contributed by atoms with Crippen LogP contribution < -0.4 is 11.1 Å². The van der Waals surface area contributed by atoms with Crippen molar-refractivity contribution in [2.75, 3.05) is 12.8 Å². The molecule has 1 atom stereocenters. The summed E-state index contributed by atoms with van der Waals surface area (Å²) in [7, 11) is 1.82. The van der Waals surface area contributed by atoms with E-state index in [0.29, 0.717) is 24.2 Å². The van der Waals surface area contributed by atoms with Crippen molar-refractivity contribution in [2.45, 2.75) is 18.9 Å². The van der Waals surface area contributed by atoms with Crippen molar-refractivity contribution < 1.29 is 8.78 Å². The molecule has 0 aliphatic rings. The number of aromatic nitrogens is 1. The first-order chi connectivity index (χ1) is 9.56. The molecule has 0 saturated heterocycles. The van der Waals surface area contributed by atoms with Crippen molar-refractivity contribution in [3.05, 3.63) is 59.3 Å². The minimum absolute atomic E-state index is 0.0676. The van der Waals surface area contributed by atoms with Gasteiger partial charge >= 0.3 is 0 Å². The number of nitrogens with zero attached hydrogens (tertiary/aromatic N) is 1. The van der Waals surface area contributed by atoms with Crippen LogP contribution in [0, 0.1) is 11.6 Å². The molecule has 0 aliphatic carbocycles. The SMILES string of the molecule is CNC(Cc1cc(F)cc(F)c1)Cc1ccnc(N)c1. The Morgan fingerprint density at radius 2 is 1.75 bits per heavy atom. The molecule has 3 nitrogen and oxygen atoms in total. The van der Waals surface area contributed by atoms with Crippen LogP contribution in [0.3, 0.4) is 0 Å². The van der Waals surface area contributed by atoms with Gasteiger partial charge in [0.15, 0.2) is 0 Å². The van der Waals surface area contributed by atoms with E-state index >= 15 is 0 Å². The fourth-order valence-corrected chi connectivity index (χ4v) is 2.20. The second-order valence-corrected chi connectivity index (χ2v) is 4.76. The van der Waals surface area contributed by atoms with Gasteiger partial charge in [-0.05, 0) is 55.3 Å². The van der Waals surface area contributed by atoms with E-state index in [-0.39, 0.29) is 6.04 Å². The smallest absolute Gasteiger partial charge is 0.126 e. The molecule has 1 aromatic heterocycles. The second-order valence-electron chi connectivity index (χ2n) is 4.76. The molecule has 1 heterocycles. The lowest BCUT2D eigenvalue weighted by Crippen LogP contribution is -2.30. The molecule has 0 spiro atoms. The molecule has 3 N–H and O–H groups in total. The van der Waals surface area contributed by atoms with Crippen molar-refractivity contribution in [1.29, 1.82) is 0 Å². The predicted octanol–water partition coefficient (Wildman–Crippen LogP) is 2.32.